The Balaban J connectivity index is 1.40. The van der Waals surface area contributed by atoms with Crippen molar-refractivity contribution in [2.24, 2.45) is 5.73 Å². The van der Waals surface area contributed by atoms with Crippen molar-refractivity contribution in [2.75, 3.05) is 33.0 Å². The lowest BCUT2D eigenvalue weighted by molar-refractivity contribution is -0.367. The molecule has 0 bridgehead atoms. The number of aliphatic hydroxyl groups is 11. The van der Waals surface area contributed by atoms with Gasteiger partial charge in [-0.1, -0.05) is 0 Å². The molecule has 33 nitrogen and oxygen atoms in total. The molecule has 5 rings (SSSR count). The van der Waals surface area contributed by atoms with Crippen LogP contribution in [-0.2, 0) is 76.4 Å². The van der Waals surface area contributed by atoms with E-state index in [2.05, 4.69) is 25.5 Å². The second kappa shape index (κ2) is 25.6. The number of carbonyl (C=O) groups is 4. The highest BCUT2D eigenvalue weighted by molar-refractivity contribution is 7.80. The first-order chi connectivity index (χ1) is 33.7. The Morgan fingerprint density at radius 2 is 0.778 bits per heavy atom. The number of carbonyl (C=O) groups excluding carboxylic acids is 4. The summed E-state index contributed by atoms with van der Waals surface area (Å²) >= 11 is 0. The minimum absolute atomic E-state index is 0.789. The smallest absolute Gasteiger partial charge is 0.217 e. The first-order valence-electron chi connectivity index (χ1n) is 22.3. The molecular formula is C38H64N5O28S-. The molecule has 0 aliphatic carbocycles. The number of nitrogens with one attached hydrogen (secondary N) is 4. The average molecular weight is 1070 g/mol. The van der Waals surface area contributed by atoms with E-state index in [4.69, 9.17) is 48.4 Å². The fourth-order valence-corrected chi connectivity index (χ4v) is 9.14. The highest BCUT2D eigenvalue weighted by Crippen LogP contribution is 2.36. The fourth-order valence-electron chi connectivity index (χ4n) is 8.84. The number of amides is 4. The van der Waals surface area contributed by atoms with Gasteiger partial charge in [-0.2, -0.15) is 0 Å². The van der Waals surface area contributed by atoms with E-state index in [-0.39, 0.29) is 0 Å². The standard InChI is InChI=1S/C38H65N5O28S/c1-10(48)40-20-26(54)33(18(63-34(20)58)9-62-72(59,60)61)71-38-23(43-13(4)51)29(57)32(17(8-47)67-38)70-37-22(42-12(3)50)28(56)31(16(7-46)66-37)69-36-21(41-11(2)49)27(55)30(15(6-45)65-36)68-35-19(39)25(53)24(52)14(5-44)64-35/h14-38,44-47,52-58H,5-9,39H2,1-4H3,(H,40,48)(H,41,49)(H,42,50)(H,43,51)(H,59,60,61)/p-1. The maximum atomic E-state index is 12.6. The lowest BCUT2D eigenvalue weighted by atomic mass is 9.93. The molecule has 17 N–H and O–H groups in total. The lowest BCUT2D eigenvalue weighted by Crippen LogP contribution is -2.72. The van der Waals surface area contributed by atoms with Crippen LogP contribution >= 0.6 is 0 Å². The number of hydrogen-bond acceptors (Lipinski definition) is 29. The van der Waals surface area contributed by atoms with E-state index in [0.717, 1.165) is 27.7 Å². The number of nitrogens with two attached hydrogens (primary N) is 1. The quantitative estimate of drug-likeness (QED) is 0.0422. The van der Waals surface area contributed by atoms with Crippen LogP contribution < -0.4 is 27.0 Å². The molecule has 0 spiro atoms. The average Bonchev–Trinajstić information content (AvgIpc) is 3.30. The van der Waals surface area contributed by atoms with Crippen LogP contribution in [0.5, 0.6) is 0 Å². The van der Waals surface area contributed by atoms with Crippen LogP contribution in [0.3, 0.4) is 0 Å². The molecule has 25 atom stereocenters. The van der Waals surface area contributed by atoms with Gasteiger partial charge in [0.05, 0.1) is 39.1 Å². The maximum absolute atomic E-state index is 12.6. The van der Waals surface area contributed by atoms with Crippen LogP contribution in [0.4, 0.5) is 0 Å². The molecule has 0 radical (unpaired) electrons. The van der Waals surface area contributed by atoms with Gasteiger partial charge in [0.1, 0.15) is 116 Å². The molecule has 25 unspecified atom stereocenters. The van der Waals surface area contributed by atoms with Gasteiger partial charge in [-0.25, -0.2) is 8.42 Å². The fraction of sp³-hybridized carbons (Fsp3) is 0.895. The van der Waals surface area contributed by atoms with Gasteiger partial charge in [-0.15, -0.1) is 0 Å². The summed E-state index contributed by atoms with van der Waals surface area (Å²) in [6.45, 7) is -0.974. The zero-order valence-corrected chi connectivity index (χ0v) is 39.6. The number of ether oxygens (including phenoxy) is 9. The van der Waals surface area contributed by atoms with Crippen molar-refractivity contribution < 1.29 is 135 Å². The van der Waals surface area contributed by atoms with E-state index in [0.29, 0.717) is 0 Å². The van der Waals surface area contributed by atoms with Crippen LogP contribution in [-0.4, -0.2) is 279 Å². The highest BCUT2D eigenvalue weighted by Gasteiger charge is 2.57. The summed E-state index contributed by atoms with van der Waals surface area (Å²) in [7, 11) is -5.42. The van der Waals surface area contributed by atoms with E-state index in [1.165, 1.54) is 0 Å². The number of aliphatic hydroxyl groups excluding tert-OH is 11. The van der Waals surface area contributed by atoms with Crippen LogP contribution in [0, 0.1) is 0 Å². The Labute approximate surface area is 409 Å². The van der Waals surface area contributed by atoms with Gasteiger partial charge in [0.25, 0.3) is 0 Å². The van der Waals surface area contributed by atoms with Crippen molar-refractivity contribution in [1.29, 1.82) is 0 Å². The Bertz CT molecular complexity index is 1930. The lowest BCUT2D eigenvalue weighted by Gasteiger charge is -2.51. The second-order valence-electron chi connectivity index (χ2n) is 17.5. The molecule has 5 aliphatic rings. The second-order valence-corrected chi connectivity index (χ2v) is 18.5. The van der Waals surface area contributed by atoms with Crippen molar-refractivity contribution in [3.63, 3.8) is 0 Å². The Morgan fingerprint density at radius 3 is 1.11 bits per heavy atom. The van der Waals surface area contributed by atoms with Crippen molar-refractivity contribution >= 4 is 34.0 Å². The molecule has 0 aromatic carbocycles. The van der Waals surface area contributed by atoms with E-state index < -0.39 is 220 Å². The van der Waals surface area contributed by atoms with Gasteiger partial charge in [0.2, 0.25) is 34.0 Å². The van der Waals surface area contributed by atoms with Crippen LogP contribution in [0.25, 0.3) is 0 Å². The molecule has 34 heteroatoms. The van der Waals surface area contributed by atoms with Gasteiger partial charge in [0, 0.05) is 27.7 Å². The molecule has 5 heterocycles. The van der Waals surface area contributed by atoms with E-state index in [1.54, 1.807) is 0 Å². The largest absolute Gasteiger partial charge is 0.726 e. The SMILES string of the molecule is CC(=O)NC1C(O)OC(COS(=O)(=O)[O-])C(OC2OC(CO)C(OC3OC(CO)C(OC4OC(CO)C(OC5OC(CO)C(O)C(O)C5N)C(O)C4NC(C)=O)C(O)C3NC(C)=O)C(O)C2NC(C)=O)C1O. The first kappa shape index (κ1) is 59.8. The van der Waals surface area contributed by atoms with Crippen LogP contribution in [0.1, 0.15) is 27.7 Å². The molecule has 0 aromatic rings. The first-order valence-corrected chi connectivity index (χ1v) is 23.6. The minimum atomic E-state index is -5.42. The van der Waals surface area contributed by atoms with Crippen molar-refractivity contribution in [1.82, 2.24) is 21.3 Å². The molecule has 416 valence electrons. The summed E-state index contributed by atoms with van der Waals surface area (Å²) in [5, 5.41) is 129. The Kier molecular flexibility index (Phi) is 21.3. The van der Waals surface area contributed by atoms with Gasteiger partial charge >= 0.3 is 0 Å². The zero-order valence-electron chi connectivity index (χ0n) is 38.8. The Morgan fingerprint density at radius 1 is 0.472 bits per heavy atom. The molecular weight excluding hydrogens is 1010 g/mol. The van der Waals surface area contributed by atoms with Crippen LogP contribution in [0.2, 0.25) is 0 Å². The van der Waals surface area contributed by atoms with Gasteiger partial charge in [-0.3, -0.25) is 23.4 Å². The molecule has 0 saturated carbocycles. The third-order valence-electron chi connectivity index (χ3n) is 12.2. The van der Waals surface area contributed by atoms with E-state index >= 15 is 0 Å². The van der Waals surface area contributed by atoms with Crippen molar-refractivity contribution in [3.05, 3.63) is 0 Å². The monoisotopic (exact) mass is 1070 g/mol. The zero-order chi connectivity index (χ0) is 53.7. The summed E-state index contributed by atoms with van der Waals surface area (Å²) in [5.41, 5.74) is 6.01. The van der Waals surface area contributed by atoms with Crippen LogP contribution in [0.15, 0.2) is 0 Å². The summed E-state index contributed by atoms with van der Waals surface area (Å²) in [6, 6.07) is -8.38. The summed E-state index contributed by atoms with van der Waals surface area (Å²) in [4.78, 5) is 49.6. The molecule has 5 fully saturated rings. The minimum Gasteiger partial charge on any atom is -0.726 e. The number of hydrogen-bond donors (Lipinski definition) is 16. The van der Waals surface area contributed by atoms with E-state index in [1.807, 2.05) is 0 Å². The van der Waals surface area contributed by atoms with E-state index in [9.17, 15) is 88.3 Å². The molecule has 4 amide bonds. The topological polar surface area (TPSA) is 514 Å². The highest BCUT2D eigenvalue weighted by atomic mass is 32.3. The molecule has 72 heavy (non-hydrogen) atoms. The third-order valence-corrected chi connectivity index (χ3v) is 12.6. The van der Waals surface area contributed by atoms with Gasteiger partial charge < -0.3 is 130 Å². The predicted molar refractivity (Wildman–Crippen MR) is 223 cm³/mol. The third kappa shape index (κ3) is 14.2. The van der Waals surface area contributed by atoms with Crippen molar-refractivity contribution in [2.45, 2.75) is 181 Å². The maximum Gasteiger partial charge on any atom is 0.217 e. The number of rotatable bonds is 19. The van der Waals surface area contributed by atoms with Crippen molar-refractivity contribution in [3.8, 4) is 0 Å². The van der Waals surface area contributed by atoms with Gasteiger partial charge in [-0.05, 0) is 0 Å². The summed E-state index contributed by atoms with van der Waals surface area (Å²) in [5.74, 6) is -3.29. The predicted octanol–water partition coefficient (Wildman–Crippen LogP) is -11.9. The molecule has 5 aliphatic heterocycles. The normalized spacial score (nSPS) is 43.8. The molecule has 0 aromatic heterocycles. The molecule has 5 saturated heterocycles. The Hall–Kier alpha value is -3.09. The summed E-state index contributed by atoms with van der Waals surface area (Å²) in [6.07, 6.45) is -36.4. The summed E-state index contributed by atoms with van der Waals surface area (Å²) < 4.78 is 90.7. The van der Waals surface area contributed by atoms with Gasteiger partial charge in [0.15, 0.2) is 31.5 Å².